The summed E-state index contributed by atoms with van der Waals surface area (Å²) in [6, 6.07) is 0. The van der Waals surface area contributed by atoms with Gasteiger partial charge in [-0.2, -0.15) is 0 Å². The largest absolute Gasteiger partial charge is 0.466 e. The Labute approximate surface area is 256 Å². The summed E-state index contributed by atoms with van der Waals surface area (Å²) < 4.78 is 11.2. The van der Waals surface area contributed by atoms with Crippen LogP contribution in [0, 0.1) is 62.6 Å². The molecule has 5 rings (SSSR count). The third kappa shape index (κ3) is 4.80. The van der Waals surface area contributed by atoms with Gasteiger partial charge in [-0.25, -0.2) is 0 Å². The van der Waals surface area contributed by atoms with Crippen molar-refractivity contribution in [2.24, 2.45) is 62.6 Å². The second-order valence-electron chi connectivity index (χ2n) is 17.2. The van der Waals surface area contributed by atoms with Gasteiger partial charge < -0.3 is 14.6 Å². The van der Waals surface area contributed by atoms with E-state index < -0.39 is 0 Å². The van der Waals surface area contributed by atoms with Crippen molar-refractivity contribution in [2.45, 2.75) is 145 Å². The van der Waals surface area contributed by atoms with Gasteiger partial charge in [-0.05, 0) is 135 Å². The molecule has 5 heteroatoms. The average Bonchev–Trinajstić information content (AvgIpc) is 3.31. The van der Waals surface area contributed by atoms with E-state index in [1.165, 1.54) is 51.4 Å². The van der Waals surface area contributed by atoms with Crippen LogP contribution in [-0.4, -0.2) is 36.4 Å². The van der Waals surface area contributed by atoms with E-state index in [0.29, 0.717) is 54.1 Å². The molecular weight excluding hydrogens is 524 g/mol. The van der Waals surface area contributed by atoms with Crippen molar-refractivity contribution in [2.75, 3.05) is 13.2 Å². The van der Waals surface area contributed by atoms with Gasteiger partial charge in [0.15, 0.2) is 0 Å². The molecule has 1 N–H and O–H groups in total. The number of esters is 2. The molecule has 0 aromatic carbocycles. The second kappa shape index (κ2) is 11.4. The Morgan fingerprint density at radius 3 is 2.19 bits per heavy atom. The maximum absolute atomic E-state index is 12.9. The summed E-state index contributed by atoms with van der Waals surface area (Å²) in [6.45, 7) is 20.1. The fourth-order valence-corrected chi connectivity index (χ4v) is 12.8. The summed E-state index contributed by atoms with van der Waals surface area (Å²) in [5.74, 6) is 3.63. The van der Waals surface area contributed by atoms with E-state index in [1.54, 1.807) is 6.92 Å². The first-order valence-electron chi connectivity index (χ1n) is 17.7. The maximum Gasteiger partial charge on any atom is 0.306 e. The lowest BCUT2D eigenvalue weighted by atomic mass is 9.32. The topological polar surface area (TPSA) is 72.8 Å². The molecule has 0 radical (unpaired) electrons. The highest BCUT2D eigenvalue weighted by atomic mass is 16.5. The number of fused-ring (bicyclic) bond motifs is 7. The Morgan fingerprint density at radius 1 is 0.810 bits per heavy atom. The van der Waals surface area contributed by atoms with Gasteiger partial charge in [0.1, 0.15) is 6.10 Å². The smallest absolute Gasteiger partial charge is 0.306 e. The Morgan fingerprint density at radius 2 is 1.52 bits per heavy atom. The number of aliphatic hydroxyl groups excluding tert-OH is 1. The van der Waals surface area contributed by atoms with Crippen LogP contribution in [0.5, 0.6) is 0 Å². The van der Waals surface area contributed by atoms with Crippen LogP contribution in [0.1, 0.15) is 139 Å². The molecule has 5 aliphatic carbocycles. The van der Waals surface area contributed by atoms with E-state index in [4.69, 9.17) is 9.47 Å². The molecule has 0 amide bonds. The van der Waals surface area contributed by atoms with Crippen LogP contribution < -0.4 is 0 Å². The average molecular weight is 587 g/mol. The van der Waals surface area contributed by atoms with Crippen molar-refractivity contribution < 1.29 is 24.2 Å². The lowest BCUT2D eigenvalue weighted by Crippen LogP contribution is -2.67. The van der Waals surface area contributed by atoms with E-state index in [2.05, 4.69) is 48.5 Å². The monoisotopic (exact) mass is 586 g/mol. The Hall–Kier alpha value is -1.10. The van der Waals surface area contributed by atoms with Gasteiger partial charge in [-0.15, -0.1) is 0 Å². The van der Waals surface area contributed by atoms with Gasteiger partial charge in [-0.3, -0.25) is 9.59 Å². The van der Waals surface area contributed by atoms with Crippen molar-refractivity contribution in [3.8, 4) is 0 Å². The quantitative estimate of drug-likeness (QED) is 0.289. The minimum Gasteiger partial charge on any atom is -0.466 e. The Balaban J connectivity index is 1.33. The second-order valence-corrected chi connectivity index (χ2v) is 17.2. The zero-order valence-corrected chi connectivity index (χ0v) is 28.2. The first-order chi connectivity index (χ1) is 19.7. The van der Waals surface area contributed by atoms with Crippen LogP contribution >= 0.6 is 0 Å². The molecule has 5 fully saturated rings. The van der Waals surface area contributed by atoms with E-state index >= 15 is 0 Å². The van der Waals surface area contributed by atoms with Crippen LogP contribution in [0.4, 0.5) is 0 Å². The molecule has 0 aromatic heterocycles. The van der Waals surface area contributed by atoms with Crippen molar-refractivity contribution in [3.05, 3.63) is 0 Å². The summed E-state index contributed by atoms with van der Waals surface area (Å²) >= 11 is 0. The van der Waals surface area contributed by atoms with Gasteiger partial charge in [0.25, 0.3) is 0 Å². The first-order valence-corrected chi connectivity index (χ1v) is 17.7. The number of ether oxygens (including phenoxy) is 2. The van der Waals surface area contributed by atoms with Crippen LogP contribution in [0.2, 0.25) is 0 Å². The third-order valence-electron chi connectivity index (χ3n) is 15.1. The molecule has 5 aliphatic rings. The highest BCUT2D eigenvalue weighted by molar-refractivity contribution is 5.72. The summed E-state index contributed by atoms with van der Waals surface area (Å²) in [5, 5.41) is 10.8. The number of rotatable bonds is 8. The molecule has 0 spiro atoms. The molecule has 0 heterocycles. The standard InChI is InChI=1S/C37H62O5/c1-9-41-30(39)11-10-12-31(40)42-29-17-18-34(6)27(33(29,4)5)16-19-36(8)28(34)14-13-26-32-25(24(2)3)15-20-37(32,23-38)22-21-35(26,36)7/h24-29,32,38H,9-23H2,1-8H3/t25-,26+,27-,28+,29-,32+,34-,35+,36+,37+/m0/s1. The van der Waals surface area contributed by atoms with Crippen LogP contribution in [-0.2, 0) is 19.1 Å². The predicted octanol–water partition coefficient (Wildman–Crippen LogP) is 8.36. The maximum atomic E-state index is 12.9. The summed E-state index contributed by atoms with van der Waals surface area (Å²) in [4.78, 5) is 24.6. The Kier molecular flexibility index (Phi) is 8.74. The number of hydrogen-bond acceptors (Lipinski definition) is 5. The highest BCUT2D eigenvalue weighted by Gasteiger charge is 2.71. The van der Waals surface area contributed by atoms with Crippen molar-refractivity contribution >= 4 is 11.9 Å². The molecule has 0 unspecified atom stereocenters. The lowest BCUT2D eigenvalue weighted by Gasteiger charge is -2.73. The normalized spacial score (nSPS) is 45.8. The number of aliphatic hydroxyl groups is 1. The molecule has 5 nitrogen and oxygen atoms in total. The van der Waals surface area contributed by atoms with E-state index in [1.807, 2.05) is 0 Å². The molecule has 10 atom stereocenters. The minimum atomic E-state index is -0.236. The van der Waals surface area contributed by atoms with E-state index in [-0.39, 0.29) is 47.1 Å². The van der Waals surface area contributed by atoms with E-state index in [9.17, 15) is 14.7 Å². The lowest BCUT2D eigenvalue weighted by molar-refractivity contribution is -0.253. The minimum absolute atomic E-state index is 0.0629. The van der Waals surface area contributed by atoms with Gasteiger partial charge >= 0.3 is 11.9 Å². The summed E-state index contributed by atoms with van der Waals surface area (Å²) in [7, 11) is 0. The molecule has 0 aliphatic heterocycles. The summed E-state index contributed by atoms with van der Waals surface area (Å²) in [5.41, 5.74) is 0.950. The van der Waals surface area contributed by atoms with Crippen LogP contribution in [0.15, 0.2) is 0 Å². The zero-order valence-electron chi connectivity index (χ0n) is 28.2. The Bertz CT molecular complexity index is 1020. The van der Waals surface area contributed by atoms with Gasteiger partial charge in [-0.1, -0.05) is 48.5 Å². The molecule has 5 saturated carbocycles. The SMILES string of the molecule is CCOC(=O)CCCC(=O)O[C@H]1CC[C@]2(C)[C@H]3CC[C@@H]4[C@H]5[C@H](C(C)C)CC[C@]5(CO)CC[C@@]4(C)[C@]3(C)CC[C@H]2C1(C)C. The molecule has 42 heavy (non-hydrogen) atoms. The van der Waals surface area contributed by atoms with E-state index in [0.717, 1.165) is 24.7 Å². The van der Waals surface area contributed by atoms with Crippen molar-refractivity contribution in [1.29, 1.82) is 0 Å². The first kappa shape index (κ1) is 32.3. The predicted molar refractivity (Wildman–Crippen MR) is 166 cm³/mol. The molecule has 0 aromatic rings. The highest BCUT2D eigenvalue weighted by Crippen LogP contribution is 2.77. The molecular formula is C37H62O5. The number of carbonyl (C=O) groups excluding carboxylic acids is 2. The van der Waals surface area contributed by atoms with Gasteiger partial charge in [0.2, 0.25) is 0 Å². The van der Waals surface area contributed by atoms with Crippen LogP contribution in [0.25, 0.3) is 0 Å². The fourth-order valence-electron chi connectivity index (χ4n) is 12.8. The van der Waals surface area contributed by atoms with Crippen molar-refractivity contribution in [1.82, 2.24) is 0 Å². The third-order valence-corrected chi connectivity index (χ3v) is 15.1. The molecule has 0 saturated heterocycles. The fraction of sp³-hybridized carbons (Fsp3) is 0.946. The molecule has 240 valence electrons. The number of hydrogen-bond donors (Lipinski definition) is 1. The van der Waals surface area contributed by atoms with Gasteiger partial charge in [0, 0.05) is 24.9 Å². The van der Waals surface area contributed by atoms with Gasteiger partial charge in [0.05, 0.1) is 6.61 Å². The zero-order chi connectivity index (χ0) is 30.7. The van der Waals surface area contributed by atoms with Crippen LogP contribution in [0.3, 0.4) is 0 Å². The molecule has 0 bridgehead atoms. The van der Waals surface area contributed by atoms with Crippen molar-refractivity contribution in [3.63, 3.8) is 0 Å². The number of carbonyl (C=O) groups is 2. The summed E-state index contributed by atoms with van der Waals surface area (Å²) in [6.07, 6.45) is 13.1.